The molecule has 2 aromatic rings. The number of pyridine rings is 1. The van der Waals surface area contributed by atoms with Crippen molar-refractivity contribution in [3.8, 4) is 0 Å². The molecule has 0 amide bonds. The second kappa shape index (κ2) is 8.13. The maximum Gasteiger partial charge on any atom is 0.339 e. The number of anilines is 1. The van der Waals surface area contributed by atoms with Gasteiger partial charge in [-0.2, -0.15) is 0 Å². The second-order valence-electron chi connectivity index (χ2n) is 5.35. The maximum atomic E-state index is 12.0. The summed E-state index contributed by atoms with van der Waals surface area (Å²) < 4.78 is 10.2. The van der Waals surface area contributed by atoms with Crippen LogP contribution >= 0.6 is 11.8 Å². The van der Waals surface area contributed by atoms with E-state index in [2.05, 4.69) is 4.98 Å². The Kier molecular flexibility index (Phi) is 5.67. The first-order valence-electron chi connectivity index (χ1n) is 7.86. The van der Waals surface area contributed by atoms with Crippen molar-refractivity contribution >= 4 is 29.8 Å². The van der Waals surface area contributed by atoms with E-state index < -0.39 is 5.97 Å². The standard InChI is InChI=1S/C18H18N2O4S/c1-23-18(22)13-4-2-3-5-15(13)25-16-6-7-19-17(14(16)12-21)20-8-10-24-11-9-20/h2-7,12H,8-11H2,1H3. The average molecular weight is 358 g/mol. The zero-order valence-electron chi connectivity index (χ0n) is 13.8. The Morgan fingerprint density at radius 2 is 2.00 bits per heavy atom. The first-order valence-corrected chi connectivity index (χ1v) is 8.68. The average Bonchev–Trinajstić information content (AvgIpc) is 2.68. The van der Waals surface area contributed by atoms with Crippen molar-refractivity contribution in [3.63, 3.8) is 0 Å². The number of carbonyl (C=O) groups excluding carboxylic acids is 2. The van der Waals surface area contributed by atoms with Crippen molar-refractivity contribution < 1.29 is 19.1 Å². The number of hydrogen-bond donors (Lipinski definition) is 0. The van der Waals surface area contributed by atoms with Gasteiger partial charge in [0.15, 0.2) is 6.29 Å². The predicted octanol–water partition coefficient (Wildman–Crippen LogP) is 2.67. The third-order valence-electron chi connectivity index (χ3n) is 3.87. The van der Waals surface area contributed by atoms with E-state index in [4.69, 9.17) is 9.47 Å². The van der Waals surface area contributed by atoms with Gasteiger partial charge in [0, 0.05) is 29.1 Å². The SMILES string of the molecule is COC(=O)c1ccccc1Sc1ccnc(N2CCOCC2)c1C=O. The number of carbonyl (C=O) groups is 2. The van der Waals surface area contributed by atoms with E-state index in [1.54, 1.807) is 24.4 Å². The highest BCUT2D eigenvalue weighted by molar-refractivity contribution is 7.99. The Morgan fingerprint density at radius 1 is 1.24 bits per heavy atom. The topological polar surface area (TPSA) is 68.7 Å². The monoisotopic (exact) mass is 358 g/mol. The van der Waals surface area contributed by atoms with E-state index >= 15 is 0 Å². The Balaban J connectivity index is 1.96. The predicted molar refractivity (Wildman–Crippen MR) is 94.6 cm³/mol. The lowest BCUT2D eigenvalue weighted by molar-refractivity contribution is 0.0596. The molecular formula is C18H18N2O4S. The Labute approximate surface area is 150 Å². The molecule has 1 aliphatic rings. The molecule has 130 valence electrons. The molecule has 0 spiro atoms. The molecular weight excluding hydrogens is 340 g/mol. The molecule has 0 atom stereocenters. The van der Waals surface area contributed by atoms with Crippen LogP contribution in [-0.4, -0.2) is 50.7 Å². The number of aldehydes is 1. The summed E-state index contributed by atoms with van der Waals surface area (Å²) in [6.45, 7) is 2.62. The zero-order chi connectivity index (χ0) is 17.6. The Morgan fingerprint density at radius 3 is 2.72 bits per heavy atom. The lowest BCUT2D eigenvalue weighted by Crippen LogP contribution is -2.37. The second-order valence-corrected chi connectivity index (χ2v) is 6.44. The number of nitrogens with zero attached hydrogens (tertiary/aromatic N) is 2. The van der Waals surface area contributed by atoms with E-state index in [0.29, 0.717) is 43.2 Å². The van der Waals surface area contributed by atoms with E-state index in [1.165, 1.54) is 18.9 Å². The van der Waals surface area contributed by atoms with Crippen molar-refractivity contribution in [3.05, 3.63) is 47.7 Å². The molecule has 1 saturated heterocycles. The van der Waals surface area contributed by atoms with E-state index in [-0.39, 0.29) is 0 Å². The van der Waals surface area contributed by atoms with Gasteiger partial charge in [0.1, 0.15) is 5.82 Å². The number of benzene rings is 1. The lowest BCUT2D eigenvalue weighted by atomic mass is 10.2. The number of rotatable bonds is 5. The van der Waals surface area contributed by atoms with Crippen LogP contribution < -0.4 is 4.90 Å². The largest absolute Gasteiger partial charge is 0.465 e. The van der Waals surface area contributed by atoms with Gasteiger partial charge in [0.05, 0.1) is 31.5 Å². The van der Waals surface area contributed by atoms with Gasteiger partial charge in [-0.05, 0) is 18.2 Å². The van der Waals surface area contributed by atoms with Crippen molar-refractivity contribution in [2.24, 2.45) is 0 Å². The van der Waals surface area contributed by atoms with Crippen molar-refractivity contribution in [2.75, 3.05) is 38.3 Å². The van der Waals surface area contributed by atoms with Crippen molar-refractivity contribution in [1.82, 2.24) is 4.98 Å². The normalized spacial score (nSPS) is 14.2. The molecule has 25 heavy (non-hydrogen) atoms. The van der Waals surface area contributed by atoms with Gasteiger partial charge < -0.3 is 14.4 Å². The maximum absolute atomic E-state index is 12.0. The minimum absolute atomic E-state index is 0.404. The Hall–Kier alpha value is -2.38. The summed E-state index contributed by atoms with van der Waals surface area (Å²) >= 11 is 1.36. The fourth-order valence-corrected chi connectivity index (χ4v) is 3.65. The van der Waals surface area contributed by atoms with Gasteiger partial charge >= 0.3 is 5.97 Å². The van der Waals surface area contributed by atoms with E-state index in [0.717, 1.165) is 16.1 Å². The lowest BCUT2D eigenvalue weighted by Gasteiger charge is -2.29. The third-order valence-corrected chi connectivity index (χ3v) is 5.02. The number of morpholine rings is 1. The number of hydrogen-bond acceptors (Lipinski definition) is 7. The number of esters is 1. The summed E-state index contributed by atoms with van der Waals surface area (Å²) in [6.07, 6.45) is 2.50. The molecule has 0 radical (unpaired) electrons. The molecule has 1 aliphatic heterocycles. The number of aromatic nitrogens is 1. The van der Waals surface area contributed by atoms with Gasteiger partial charge in [0.2, 0.25) is 0 Å². The van der Waals surface area contributed by atoms with Crippen LogP contribution in [0.1, 0.15) is 20.7 Å². The molecule has 3 rings (SSSR count). The molecule has 0 N–H and O–H groups in total. The summed E-state index contributed by atoms with van der Waals surface area (Å²) in [5, 5.41) is 0. The molecule has 7 heteroatoms. The first-order chi connectivity index (χ1) is 12.2. The van der Waals surface area contributed by atoms with Crippen LogP contribution in [0.5, 0.6) is 0 Å². The first kappa shape index (κ1) is 17.4. The highest BCUT2D eigenvalue weighted by Gasteiger charge is 2.20. The van der Waals surface area contributed by atoms with Gasteiger partial charge in [-0.1, -0.05) is 23.9 Å². The molecule has 0 unspecified atom stereocenters. The fourth-order valence-electron chi connectivity index (χ4n) is 2.62. The van der Waals surface area contributed by atoms with Crippen LogP contribution in [0.4, 0.5) is 5.82 Å². The van der Waals surface area contributed by atoms with E-state index in [1.807, 2.05) is 17.0 Å². The molecule has 1 aromatic heterocycles. The van der Waals surface area contributed by atoms with Gasteiger partial charge in [-0.25, -0.2) is 9.78 Å². The fraction of sp³-hybridized carbons (Fsp3) is 0.278. The van der Waals surface area contributed by atoms with Gasteiger partial charge in [-0.15, -0.1) is 0 Å². The number of methoxy groups -OCH3 is 1. The molecule has 1 aromatic carbocycles. The van der Waals surface area contributed by atoms with Crippen LogP contribution in [0.3, 0.4) is 0 Å². The molecule has 0 saturated carbocycles. The van der Waals surface area contributed by atoms with Crippen LogP contribution in [0, 0.1) is 0 Å². The number of ether oxygens (including phenoxy) is 2. The highest BCUT2D eigenvalue weighted by Crippen LogP contribution is 2.35. The molecule has 0 aliphatic carbocycles. The van der Waals surface area contributed by atoms with Crippen LogP contribution in [0.25, 0.3) is 0 Å². The van der Waals surface area contributed by atoms with Crippen molar-refractivity contribution in [1.29, 1.82) is 0 Å². The quantitative estimate of drug-likeness (QED) is 0.601. The summed E-state index contributed by atoms with van der Waals surface area (Å²) in [5.74, 6) is 0.247. The molecule has 6 nitrogen and oxygen atoms in total. The molecule has 0 bridgehead atoms. The van der Waals surface area contributed by atoms with Gasteiger partial charge in [-0.3, -0.25) is 4.79 Å². The van der Waals surface area contributed by atoms with Crippen LogP contribution in [0.2, 0.25) is 0 Å². The minimum Gasteiger partial charge on any atom is -0.465 e. The summed E-state index contributed by atoms with van der Waals surface area (Å²) in [4.78, 5) is 31.6. The minimum atomic E-state index is -0.404. The van der Waals surface area contributed by atoms with Gasteiger partial charge in [0.25, 0.3) is 0 Å². The van der Waals surface area contributed by atoms with Crippen LogP contribution in [0.15, 0.2) is 46.3 Å². The Bertz CT molecular complexity index is 775. The molecule has 1 fully saturated rings. The summed E-state index contributed by atoms with van der Waals surface area (Å²) in [6, 6.07) is 8.95. The highest BCUT2D eigenvalue weighted by atomic mass is 32.2. The van der Waals surface area contributed by atoms with E-state index in [9.17, 15) is 9.59 Å². The third kappa shape index (κ3) is 3.83. The summed E-state index contributed by atoms with van der Waals surface area (Å²) in [5.41, 5.74) is 0.991. The molecule has 2 heterocycles. The van der Waals surface area contributed by atoms with Crippen LogP contribution in [-0.2, 0) is 9.47 Å². The smallest absolute Gasteiger partial charge is 0.339 e. The van der Waals surface area contributed by atoms with Crippen molar-refractivity contribution in [2.45, 2.75) is 9.79 Å². The summed E-state index contributed by atoms with van der Waals surface area (Å²) in [7, 11) is 1.35. The zero-order valence-corrected chi connectivity index (χ0v) is 14.6.